The van der Waals surface area contributed by atoms with Crippen LogP contribution in [0.2, 0.25) is 5.02 Å². The summed E-state index contributed by atoms with van der Waals surface area (Å²) >= 11 is 7.38. The molecule has 1 aliphatic rings. The molecule has 0 radical (unpaired) electrons. The van der Waals surface area contributed by atoms with E-state index in [1.807, 2.05) is 30.3 Å². The van der Waals surface area contributed by atoms with Crippen LogP contribution in [0.1, 0.15) is 16.1 Å². The second-order valence-corrected chi connectivity index (χ2v) is 7.01. The number of amides is 2. The van der Waals surface area contributed by atoms with Gasteiger partial charge in [0, 0.05) is 26.1 Å². The maximum atomic E-state index is 12.5. The largest absolute Gasteiger partial charge is 0.492 e. The van der Waals surface area contributed by atoms with Crippen molar-refractivity contribution >= 4 is 34.8 Å². The maximum absolute atomic E-state index is 12.5. The van der Waals surface area contributed by atoms with Gasteiger partial charge in [-0.25, -0.2) is 0 Å². The van der Waals surface area contributed by atoms with E-state index in [2.05, 4.69) is 0 Å². The Morgan fingerprint density at radius 1 is 1.16 bits per heavy atom. The van der Waals surface area contributed by atoms with Gasteiger partial charge in [-0.1, -0.05) is 29.8 Å². The summed E-state index contributed by atoms with van der Waals surface area (Å²) in [6, 6.07) is 11.2. The van der Waals surface area contributed by atoms with E-state index in [-0.39, 0.29) is 11.8 Å². The predicted molar refractivity (Wildman–Crippen MR) is 98.4 cm³/mol. The Hall–Kier alpha value is -2.05. The van der Waals surface area contributed by atoms with Gasteiger partial charge in [-0.3, -0.25) is 9.59 Å². The van der Waals surface area contributed by atoms with Crippen LogP contribution in [0.4, 0.5) is 0 Å². The summed E-state index contributed by atoms with van der Waals surface area (Å²) in [7, 11) is 0. The molecule has 25 heavy (non-hydrogen) atoms. The van der Waals surface area contributed by atoms with Crippen LogP contribution in [-0.2, 0) is 4.79 Å². The molecule has 0 N–H and O–H groups in total. The molecule has 0 spiro atoms. The van der Waals surface area contributed by atoms with Crippen LogP contribution in [0.3, 0.4) is 0 Å². The number of rotatable bonds is 5. The summed E-state index contributed by atoms with van der Waals surface area (Å²) in [5, 5.41) is 2.27. The van der Waals surface area contributed by atoms with E-state index in [9.17, 15) is 9.59 Å². The van der Waals surface area contributed by atoms with Gasteiger partial charge >= 0.3 is 0 Å². The molecule has 1 fully saturated rings. The minimum Gasteiger partial charge on any atom is -0.492 e. The smallest absolute Gasteiger partial charge is 0.265 e. The molecule has 1 aromatic carbocycles. The van der Waals surface area contributed by atoms with Gasteiger partial charge in [0.1, 0.15) is 17.2 Å². The number of hydrogen-bond donors (Lipinski definition) is 0. The number of carbonyl (C=O) groups is 2. The Kier molecular flexibility index (Phi) is 5.94. The maximum Gasteiger partial charge on any atom is 0.265 e. The lowest BCUT2D eigenvalue weighted by molar-refractivity contribution is -0.130. The molecule has 132 valence electrons. The number of hydrogen-bond acceptors (Lipinski definition) is 4. The molecule has 0 bridgehead atoms. The molecular formula is C18H19ClN2O3S. The first kappa shape index (κ1) is 17.8. The summed E-state index contributed by atoms with van der Waals surface area (Å²) < 4.78 is 5.66. The normalized spacial score (nSPS) is 15.2. The average molecular weight is 379 g/mol. The van der Waals surface area contributed by atoms with Crippen LogP contribution in [-0.4, -0.2) is 54.4 Å². The van der Waals surface area contributed by atoms with Crippen molar-refractivity contribution < 1.29 is 14.3 Å². The zero-order valence-electron chi connectivity index (χ0n) is 13.7. The molecule has 1 aromatic heterocycles. The highest BCUT2D eigenvalue weighted by molar-refractivity contribution is 7.12. The number of benzene rings is 1. The Morgan fingerprint density at radius 3 is 2.68 bits per heavy atom. The third kappa shape index (κ3) is 4.52. The monoisotopic (exact) mass is 378 g/mol. The summed E-state index contributed by atoms with van der Waals surface area (Å²) in [6.45, 7) is 2.37. The lowest BCUT2D eigenvalue weighted by Gasteiger charge is -2.22. The summed E-state index contributed by atoms with van der Waals surface area (Å²) in [4.78, 5) is 28.8. The Labute approximate surface area is 155 Å². The average Bonchev–Trinajstić information content (AvgIpc) is 2.97. The molecule has 2 amide bonds. The second-order valence-electron chi connectivity index (χ2n) is 5.68. The molecule has 1 saturated heterocycles. The van der Waals surface area contributed by atoms with Gasteiger partial charge < -0.3 is 14.5 Å². The zero-order chi connectivity index (χ0) is 17.6. The highest BCUT2D eigenvalue weighted by atomic mass is 35.5. The van der Waals surface area contributed by atoms with Crippen LogP contribution in [0.25, 0.3) is 0 Å². The molecule has 0 atom stereocenters. The second kappa shape index (κ2) is 8.36. The van der Waals surface area contributed by atoms with Gasteiger partial charge in [0.05, 0.1) is 11.6 Å². The van der Waals surface area contributed by atoms with Crippen molar-refractivity contribution in [2.75, 3.05) is 32.8 Å². The molecule has 0 unspecified atom stereocenters. The predicted octanol–water partition coefficient (Wildman–Crippen LogP) is 3.16. The lowest BCUT2D eigenvalue weighted by Crippen LogP contribution is -2.37. The first-order chi connectivity index (χ1) is 12.1. The molecule has 5 nitrogen and oxygen atoms in total. The standard InChI is InChI=1S/C18H19ClN2O3S/c19-15-7-13-25-17(15)18(23)21-8-6-16(22)20(9-10-21)11-12-24-14-4-2-1-3-5-14/h1-5,7,13H,6,8-12H2. The molecule has 2 heterocycles. The fraction of sp³-hybridized carbons (Fsp3) is 0.333. The van der Waals surface area contributed by atoms with Gasteiger partial charge in [0.15, 0.2) is 0 Å². The molecular weight excluding hydrogens is 360 g/mol. The fourth-order valence-electron chi connectivity index (χ4n) is 2.69. The summed E-state index contributed by atoms with van der Waals surface area (Å²) in [6.07, 6.45) is 0.320. The van der Waals surface area contributed by atoms with Gasteiger partial charge in [0.2, 0.25) is 5.91 Å². The van der Waals surface area contributed by atoms with E-state index in [0.717, 1.165) is 5.75 Å². The first-order valence-corrected chi connectivity index (χ1v) is 9.39. The van der Waals surface area contributed by atoms with E-state index < -0.39 is 0 Å². The third-order valence-corrected chi connectivity index (χ3v) is 5.39. The number of halogens is 1. The van der Waals surface area contributed by atoms with Crippen LogP contribution < -0.4 is 4.74 Å². The van der Waals surface area contributed by atoms with E-state index in [0.29, 0.717) is 49.1 Å². The summed E-state index contributed by atoms with van der Waals surface area (Å²) in [5.41, 5.74) is 0. The number of thiophene rings is 1. The topological polar surface area (TPSA) is 49.9 Å². The zero-order valence-corrected chi connectivity index (χ0v) is 15.3. The highest BCUT2D eigenvalue weighted by Gasteiger charge is 2.26. The molecule has 3 rings (SSSR count). The highest BCUT2D eigenvalue weighted by Crippen LogP contribution is 2.24. The van der Waals surface area contributed by atoms with Crippen molar-refractivity contribution in [3.05, 3.63) is 51.7 Å². The van der Waals surface area contributed by atoms with Crippen molar-refractivity contribution in [3.8, 4) is 5.75 Å². The van der Waals surface area contributed by atoms with Crippen molar-refractivity contribution in [1.82, 2.24) is 9.80 Å². The van der Waals surface area contributed by atoms with Crippen LogP contribution >= 0.6 is 22.9 Å². The minimum atomic E-state index is -0.102. The molecule has 2 aromatic rings. The number of ether oxygens (including phenoxy) is 1. The molecule has 0 saturated carbocycles. The Bertz CT molecular complexity index is 735. The number of para-hydroxylation sites is 1. The number of nitrogens with zero attached hydrogens (tertiary/aromatic N) is 2. The van der Waals surface area contributed by atoms with Crippen LogP contribution in [0, 0.1) is 0 Å². The third-order valence-electron chi connectivity index (χ3n) is 4.06. The molecule has 0 aliphatic carbocycles. The first-order valence-electron chi connectivity index (χ1n) is 8.13. The van der Waals surface area contributed by atoms with E-state index in [1.54, 1.807) is 21.2 Å². The number of carbonyl (C=O) groups excluding carboxylic acids is 2. The van der Waals surface area contributed by atoms with Crippen LogP contribution in [0.5, 0.6) is 5.75 Å². The summed E-state index contributed by atoms with van der Waals surface area (Å²) in [5.74, 6) is 0.730. The van der Waals surface area contributed by atoms with Gasteiger partial charge in [-0.2, -0.15) is 0 Å². The van der Waals surface area contributed by atoms with E-state index >= 15 is 0 Å². The van der Waals surface area contributed by atoms with Crippen molar-refractivity contribution in [3.63, 3.8) is 0 Å². The van der Waals surface area contributed by atoms with Gasteiger partial charge in [0.25, 0.3) is 5.91 Å². The Morgan fingerprint density at radius 2 is 1.96 bits per heavy atom. The van der Waals surface area contributed by atoms with Crippen molar-refractivity contribution in [1.29, 1.82) is 0 Å². The van der Waals surface area contributed by atoms with Crippen molar-refractivity contribution in [2.45, 2.75) is 6.42 Å². The van der Waals surface area contributed by atoms with E-state index in [4.69, 9.17) is 16.3 Å². The van der Waals surface area contributed by atoms with Gasteiger partial charge in [-0.05, 0) is 23.6 Å². The van der Waals surface area contributed by atoms with Crippen molar-refractivity contribution in [2.24, 2.45) is 0 Å². The lowest BCUT2D eigenvalue weighted by atomic mass is 10.3. The van der Waals surface area contributed by atoms with Crippen LogP contribution in [0.15, 0.2) is 41.8 Å². The van der Waals surface area contributed by atoms with E-state index in [1.165, 1.54) is 11.3 Å². The van der Waals surface area contributed by atoms with Gasteiger partial charge in [-0.15, -0.1) is 11.3 Å². The molecule has 7 heteroatoms. The Balaban J connectivity index is 1.53. The SMILES string of the molecule is O=C1CCN(C(=O)c2sccc2Cl)CCN1CCOc1ccccc1. The molecule has 1 aliphatic heterocycles. The fourth-order valence-corrected chi connectivity index (χ4v) is 3.79. The quantitative estimate of drug-likeness (QED) is 0.803. The minimum absolute atomic E-state index is 0.0456.